The van der Waals surface area contributed by atoms with Crippen molar-refractivity contribution < 1.29 is 18.4 Å². The van der Waals surface area contributed by atoms with Gasteiger partial charge in [-0.2, -0.15) is 0 Å². The molecule has 0 radical (unpaired) electrons. The van der Waals surface area contributed by atoms with Crippen LogP contribution in [0.5, 0.6) is 0 Å². The molecule has 8 heteroatoms. The van der Waals surface area contributed by atoms with Gasteiger partial charge in [-0.3, -0.25) is 9.59 Å². The second kappa shape index (κ2) is 8.89. The molecule has 3 N–H and O–H groups in total. The van der Waals surface area contributed by atoms with Gasteiger partial charge in [0.05, 0.1) is 5.02 Å². The highest BCUT2D eigenvalue weighted by Crippen LogP contribution is 2.33. The van der Waals surface area contributed by atoms with E-state index in [0.717, 1.165) is 16.8 Å². The van der Waals surface area contributed by atoms with E-state index >= 15 is 0 Å². The van der Waals surface area contributed by atoms with Crippen LogP contribution < -0.4 is 10.6 Å². The molecule has 1 saturated heterocycles. The maximum atomic E-state index is 13.5. The molecule has 4 rings (SSSR count). The Balaban J connectivity index is 1.60. The van der Waals surface area contributed by atoms with Gasteiger partial charge in [0.25, 0.3) is 0 Å². The third kappa shape index (κ3) is 4.77. The highest BCUT2D eigenvalue weighted by atomic mass is 35.5. The average Bonchev–Trinajstić information content (AvgIpc) is 3.33. The smallest absolute Gasteiger partial charge is 0.242 e. The zero-order valence-corrected chi connectivity index (χ0v) is 17.2. The van der Waals surface area contributed by atoms with Crippen LogP contribution in [0.2, 0.25) is 5.02 Å². The Labute approximate surface area is 182 Å². The van der Waals surface area contributed by atoms with E-state index in [4.69, 9.17) is 11.6 Å². The lowest BCUT2D eigenvalue weighted by Gasteiger charge is -2.10. The van der Waals surface area contributed by atoms with E-state index < -0.39 is 11.9 Å². The molecule has 2 aromatic carbocycles. The zero-order valence-electron chi connectivity index (χ0n) is 16.5. The highest BCUT2D eigenvalue weighted by molar-refractivity contribution is 6.33. The van der Waals surface area contributed by atoms with Gasteiger partial charge in [0.15, 0.2) is 0 Å². The summed E-state index contributed by atoms with van der Waals surface area (Å²) in [6.45, 7) is 0.554. The number of carbonyl (C=O) groups excluding carboxylic acids is 2. The Bertz CT molecular complexity index is 1130. The largest absolute Gasteiger partial charge is 0.354 e. The van der Waals surface area contributed by atoms with Crippen molar-refractivity contribution in [2.45, 2.75) is 25.3 Å². The lowest BCUT2D eigenvalue weighted by Crippen LogP contribution is -2.40. The molecular formula is C23H20ClF2N3O2. The van der Waals surface area contributed by atoms with Crippen molar-refractivity contribution in [2.24, 2.45) is 0 Å². The molecule has 5 nitrogen and oxygen atoms in total. The zero-order chi connectivity index (χ0) is 22.0. The summed E-state index contributed by atoms with van der Waals surface area (Å²) < 4.78 is 26.8. The number of hydrogen-bond acceptors (Lipinski definition) is 2. The lowest BCUT2D eigenvalue weighted by atomic mass is 10.0. The minimum atomic E-state index is -0.496. The lowest BCUT2D eigenvalue weighted by molar-refractivity contribution is -0.127. The number of aryl methyl sites for hydroxylation is 1. The van der Waals surface area contributed by atoms with E-state index in [1.54, 1.807) is 18.2 Å². The predicted octanol–water partition coefficient (Wildman–Crippen LogP) is 4.22. The van der Waals surface area contributed by atoms with Crippen LogP contribution in [0, 0.1) is 11.6 Å². The molecule has 1 aromatic heterocycles. The molecular weight excluding hydrogens is 424 g/mol. The summed E-state index contributed by atoms with van der Waals surface area (Å²) in [5.41, 5.74) is 3.57. The summed E-state index contributed by atoms with van der Waals surface area (Å²) in [7, 11) is 0. The molecule has 1 atom stereocenters. The maximum Gasteiger partial charge on any atom is 0.242 e. The van der Waals surface area contributed by atoms with Gasteiger partial charge in [0, 0.05) is 29.9 Å². The highest BCUT2D eigenvalue weighted by Gasteiger charge is 2.25. The predicted molar refractivity (Wildman–Crippen MR) is 114 cm³/mol. The van der Waals surface area contributed by atoms with Gasteiger partial charge in [-0.25, -0.2) is 8.78 Å². The molecule has 0 saturated carbocycles. The number of hydrogen-bond donors (Lipinski definition) is 3. The van der Waals surface area contributed by atoms with Gasteiger partial charge in [0.2, 0.25) is 11.8 Å². The normalized spacial score (nSPS) is 15.7. The molecule has 2 amide bonds. The van der Waals surface area contributed by atoms with Crippen LogP contribution in [0.3, 0.4) is 0 Å². The first kappa shape index (κ1) is 21.1. The number of rotatable bonds is 6. The van der Waals surface area contributed by atoms with E-state index in [1.807, 2.05) is 6.07 Å². The average molecular weight is 444 g/mol. The van der Waals surface area contributed by atoms with Crippen molar-refractivity contribution in [1.29, 1.82) is 0 Å². The molecule has 0 spiro atoms. The van der Waals surface area contributed by atoms with E-state index in [1.165, 1.54) is 24.3 Å². The Morgan fingerprint density at radius 2 is 1.84 bits per heavy atom. The van der Waals surface area contributed by atoms with E-state index in [2.05, 4.69) is 15.6 Å². The van der Waals surface area contributed by atoms with Crippen LogP contribution in [0.15, 0.2) is 48.5 Å². The van der Waals surface area contributed by atoms with Crippen molar-refractivity contribution in [2.75, 3.05) is 6.54 Å². The fourth-order valence-electron chi connectivity index (χ4n) is 3.67. The molecule has 1 aliphatic rings. The third-order valence-electron chi connectivity index (χ3n) is 5.26. The second-order valence-corrected chi connectivity index (χ2v) is 7.82. The number of aromatic nitrogens is 1. The van der Waals surface area contributed by atoms with Crippen LogP contribution in [0.25, 0.3) is 22.5 Å². The molecule has 3 aromatic rings. The Hall–Kier alpha value is -3.19. The molecule has 31 heavy (non-hydrogen) atoms. The van der Waals surface area contributed by atoms with Gasteiger partial charge >= 0.3 is 0 Å². The van der Waals surface area contributed by atoms with Crippen LogP contribution in [-0.4, -0.2) is 29.4 Å². The molecule has 1 fully saturated rings. The Morgan fingerprint density at radius 1 is 1.10 bits per heavy atom. The molecule has 0 aliphatic carbocycles. The van der Waals surface area contributed by atoms with Crippen molar-refractivity contribution in [1.82, 2.24) is 15.6 Å². The van der Waals surface area contributed by atoms with Gasteiger partial charge in [-0.1, -0.05) is 11.6 Å². The van der Waals surface area contributed by atoms with Crippen LogP contribution >= 0.6 is 11.6 Å². The van der Waals surface area contributed by atoms with E-state index in [-0.39, 0.29) is 29.1 Å². The van der Waals surface area contributed by atoms with Gasteiger partial charge in [-0.05, 0) is 72.5 Å². The third-order valence-corrected chi connectivity index (χ3v) is 5.57. The molecule has 2 heterocycles. The summed E-state index contributed by atoms with van der Waals surface area (Å²) in [5, 5.41) is 5.69. The number of halogens is 3. The number of aromatic amines is 1. The fraction of sp³-hybridized carbons (Fsp3) is 0.217. The fourth-order valence-corrected chi connectivity index (χ4v) is 3.94. The summed E-state index contributed by atoms with van der Waals surface area (Å²) >= 11 is 6.22. The molecule has 1 aliphatic heterocycles. The summed E-state index contributed by atoms with van der Waals surface area (Å²) in [5.74, 6) is -1.19. The molecule has 0 bridgehead atoms. The van der Waals surface area contributed by atoms with Gasteiger partial charge in [-0.15, -0.1) is 0 Å². The van der Waals surface area contributed by atoms with Crippen LogP contribution in [-0.2, 0) is 16.0 Å². The van der Waals surface area contributed by atoms with Gasteiger partial charge in [0.1, 0.15) is 17.7 Å². The quantitative estimate of drug-likeness (QED) is 0.533. The Kier molecular flexibility index (Phi) is 6.04. The van der Waals surface area contributed by atoms with Crippen LogP contribution in [0.4, 0.5) is 8.78 Å². The van der Waals surface area contributed by atoms with Crippen molar-refractivity contribution in [3.05, 3.63) is 70.8 Å². The summed E-state index contributed by atoms with van der Waals surface area (Å²) in [6, 6.07) is 11.5. The minimum Gasteiger partial charge on any atom is -0.354 e. The van der Waals surface area contributed by atoms with Gasteiger partial charge < -0.3 is 15.6 Å². The number of H-pyrrole nitrogens is 1. The summed E-state index contributed by atoms with van der Waals surface area (Å²) in [4.78, 5) is 27.3. The first-order valence-electron chi connectivity index (χ1n) is 9.91. The molecule has 1 unspecified atom stereocenters. The summed E-state index contributed by atoms with van der Waals surface area (Å²) in [6.07, 6.45) is 1.14. The van der Waals surface area contributed by atoms with E-state index in [0.29, 0.717) is 30.6 Å². The minimum absolute atomic E-state index is 0.171. The maximum absolute atomic E-state index is 13.5. The standard InChI is InChI=1S/C23H20ClF2N3O2/c24-18-12-16(26)6-7-17(18)20-11-14(22(29-20)13-1-4-15(25)5-2-13)3-8-21(30)28-19-9-10-27-23(19)31/h1-2,4-7,11-12,19,29H,3,8-10H2,(H,27,31)(H,28,30). The SMILES string of the molecule is O=C(CCc1cc(-c2ccc(F)cc2Cl)[nH]c1-c1ccc(F)cc1)NC1CCNC1=O. The topological polar surface area (TPSA) is 74.0 Å². The first-order valence-corrected chi connectivity index (χ1v) is 10.3. The van der Waals surface area contributed by atoms with Crippen molar-refractivity contribution in [3.8, 4) is 22.5 Å². The van der Waals surface area contributed by atoms with Crippen molar-refractivity contribution in [3.63, 3.8) is 0 Å². The molecule has 160 valence electrons. The number of nitrogens with one attached hydrogen (secondary N) is 3. The second-order valence-electron chi connectivity index (χ2n) is 7.41. The monoisotopic (exact) mass is 443 g/mol. The first-order chi connectivity index (χ1) is 14.9. The Morgan fingerprint density at radius 3 is 2.52 bits per heavy atom. The van der Waals surface area contributed by atoms with Crippen molar-refractivity contribution >= 4 is 23.4 Å². The van der Waals surface area contributed by atoms with Crippen LogP contribution in [0.1, 0.15) is 18.4 Å². The van der Waals surface area contributed by atoms with E-state index in [9.17, 15) is 18.4 Å². The number of benzene rings is 2. The number of amides is 2. The number of carbonyl (C=O) groups is 2.